The Kier molecular flexibility index (Phi) is 5.26. The Labute approximate surface area is 177 Å². The van der Waals surface area contributed by atoms with Crippen LogP contribution in [0.3, 0.4) is 0 Å². The molecule has 0 amide bonds. The fourth-order valence-corrected chi connectivity index (χ4v) is 6.09. The van der Waals surface area contributed by atoms with Gasteiger partial charge in [-0.3, -0.25) is 4.98 Å². The zero-order valence-corrected chi connectivity index (χ0v) is 17.6. The van der Waals surface area contributed by atoms with Crippen molar-refractivity contribution in [2.75, 3.05) is 12.3 Å². The van der Waals surface area contributed by atoms with Crippen LogP contribution in [0, 0.1) is 0 Å². The van der Waals surface area contributed by atoms with Crippen molar-refractivity contribution in [1.82, 2.24) is 25.6 Å². The molecule has 2 heterocycles. The monoisotopic (exact) mass is 459 g/mol. The number of sulfonamides is 1. The molecule has 0 saturated carbocycles. The number of benzene rings is 2. The number of aromatic nitrogens is 5. The number of aromatic amines is 1. The maximum atomic E-state index is 12.8. The summed E-state index contributed by atoms with van der Waals surface area (Å²) >= 11 is 0. The summed E-state index contributed by atoms with van der Waals surface area (Å²) in [6.45, 7) is -0.191. The molecule has 0 unspecified atom stereocenters. The van der Waals surface area contributed by atoms with Crippen molar-refractivity contribution in [3.05, 3.63) is 48.7 Å². The van der Waals surface area contributed by atoms with Crippen molar-refractivity contribution >= 4 is 30.8 Å². The van der Waals surface area contributed by atoms with Gasteiger partial charge in [-0.2, -0.15) is 0 Å². The predicted octanol–water partition coefficient (Wildman–Crippen LogP) is 0.462. The highest BCUT2D eigenvalue weighted by Gasteiger charge is 2.31. The first-order valence-corrected chi connectivity index (χ1v) is 12.1. The van der Waals surface area contributed by atoms with E-state index in [0.717, 1.165) is 5.39 Å². The molecule has 160 valence electrons. The first-order valence-electron chi connectivity index (χ1n) is 8.94. The van der Waals surface area contributed by atoms with Crippen molar-refractivity contribution in [1.29, 1.82) is 0 Å². The summed E-state index contributed by atoms with van der Waals surface area (Å²) in [5.74, 6) is -0.506. The van der Waals surface area contributed by atoms with Crippen LogP contribution in [-0.4, -0.2) is 54.7 Å². The molecule has 0 aliphatic carbocycles. The van der Waals surface area contributed by atoms with Gasteiger partial charge in [0.2, 0.25) is 10.0 Å². The lowest BCUT2D eigenvalue weighted by atomic mass is 9.98. The Morgan fingerprint density at radius 2 is 1.84 bits per heavy atom. The van der Waals surface area contributed by atoms with Gasteiger partial charge in [0, 0.05) is 23.7 Å². The summed E-state index contributed by atoms with van der Waals surface area (Å²) in [6.07, 6.45) is 1.63. The average Bonchev–Trinajstić information content (AvgIpc) is 3.26. The summed E-state index contributed by atoms with van der Waals surface area (Å²) in [4.78, 5) is 3.25. The van der Waals surface area contributed by atoms with Crippen LogP contribution >= 0.6 is 0 Å². The molecule has 13 heteroatoms. The van der Waals surface area contributed by atoms with Crippen LogP contribution in [0.4, 0.5) is 0 Å². The lowest BCUT2D eigenvalue weighted by Gasteiger charge is -2.16. The van der Waals surface area contributed by atoms with Crippen LogP contribution in [0.1, 0.15) is 0 Å². The number of nitrogens with one attached hydrogen (secondary N) is 1. The van der Waals surface area contributed by atoms with Gasteiger partial charge in [0.05, 0.1) is 16.2 Å². The average molecular weight is 460 g/mol. The van der Waals surface area contributed by atoms with Gasteiger partial charge in [-0.15, -0.1) is 5.10 Å². The molecule has 0 radical (unpaired) electrons. The van der Waals surface area contributed by atoms with E-state index < -0.39 is 35.4 Å². The number of fused-ring (bicyclic) bond motifs is 1. The lowest BCUT2D eigenvalue weighted by Crippen LogP contribution is -2.22. The summed E-state index contributed by atoms with van der Waals surface area (Å²) in [6, 6.07) is 11.7. The number of tetrazole rings is 1. The second-order valence-corrected chi connectivity index (χ2v) is 10.2. The fourth-order valence-electron chi connectivity index (χ4n) is 3.33. The zero-order chi connectivity index (χ0) is 22.2. The Morgan fingerprint density at radius 1 is 1.03 bits per heavy atom. The molecule has 0 bridgehead atoms. The third-order valence-corrected chi connectivity index (χ3v) is 7.53. The van der Waals surface area contributed by atoms with E-state index in [0.29, 0.717) is 16.6 Å². The van der Waals surface area contributed by atoms with Gasteiger partial charge in [-0.05, 0) is 39.8 Å². The summed E-state index contributed by atoms with van der Waals surface area (Å²) in [5, 5.41) is 19.7. The molecule has 2 aromatic heterocycles. The predicted molar refractivity (Wildman–Crippen MR) is 113 cm³/mol. The molecule has 0 spiro atoms. The van der Waals surface area contributed by atoms with Crippen molar-refractivity contribution in [2.45, 2.75) is 9.79 Å². The number of hydrogen-bond donors (Lipinski definition) is 3. The van der Waals surface area contributed by atoms with Crippen LogP contribution in [0.2, 0.25) is 0 Å². The number of primary sulfonamides is 1. The maximum absolute atomic E-state index is 12.8. The van der Waals surface area contributed by atoms with E-state index in [1.807, 2.05) is 12.1 Å². The molecular formula is C18H17N7O4S2. The van der Waals surface area contributed by atoms with Gasteiger partial charge in [0.1, 0.15) is 4.90 Å². The maximum Gasteiger partial charge on any atom is 0.240 e. The van der Waals surface area contributed by atoms with Crippen LogP contribution in [0.5, 0.6) is 0 Å². The zero-order valence-electron chi connectivity index (χ0n) is 15.9. The molecule has 4 aromatic rings. The molecule has 5 N–H and O–H groups in total. The third kappa shape index (κ3) is 3.90. The van der Waals surface area contributed by atoms with E-state index in [1.54, 1.807) is 24.4 Å². The molecule has 31 heavy (non-hydrogen) atoms. The second-order valence-electron chi connectivity index (χ2n) is 6.63. The van der Waals surface area contributed by atoms with E-state index in [4.69, 9.17) is 10.9 Å². The minimum absolute atomic E-state index is 0.0510. The van der Waals surface area contributed by atoms with Crippen LogP contribution in [0.15, 0.2) is 58.5 Å². The summed E-state index contributed by atoms with van der Waals surface area (Å²) in [5.41, 5.74) is 6.96. The van der Waals surface area contributed by atoms with Crippen LogP contribution < -0.4 is 10.9 Å². The number of rotatable bonds is 6. The molecule has 4 rings (SSSR count). The highest BCUT2D eigenvalue weighted by atomic mass is 32.2. The van der Waals surface area contributed by atoms with E-state index in [-0.39, 0.29) is 17.9 Å². The number of sulfone groups is 1. The number of pyridine rings is 1. The molecule has 0 aliphatic heterocycles. The standard InChI is InChI=1S/C18H17N7O4S2/c19-7-9-30(26,27)15-6-5-13(12-4-3-11-2-1-8-21-14(11)10-12)16(17(15)31(20,28)29)18-22-24-25-23-18/h1-6,8,10H,7,9,19H2,(H2,20,28,29)(H,22,23,24,25). The number of H-pyrrole nitrogens is 1. The highest BCUT2D eigenvalue weighted by molar-refractivity contribution is 7.93. The Balaban J connectivity index is 2.12. The normalized spacial score (nSPS) is 12.3. The highest BCUT2D eigenvalue weighted by Crippen LogP contribution is 2.39. The number of hydrogen-bond acceptors (Lipinski definition) is 9. The summed E-state index contributed by atoms with van der Waals surface area (Å²) < 4.78 is 50.8. The topological polar surface area (TPSA) is 188 Å². The first-order chi connectivity index (χ1) is 14.7. The quantitative estimate of drug-likeness (QED) is 0.368. The molecule has 0 saturated heterocycles. The SMILES string of the molecule is NCCS(=O)(=O)c1ccc(-c2ccc3cccnc3c2)c(-c2nnn[nH]2)c1S(N)(=O)=O. The minimum Gasteiger partial charge on any atom is -0.329 e. The first kappa shape index (κ1) is 21.0. The largest absolute Gasteiger partial charge is 0.329 e. The molecular weight excluding hydrogens is 442 g/mol. The molecule has 11 nitrogen and oxygen atoms in total. The van der Waals surface area contributed by atoms with Gasteiger partial charge in [0.15, 0.2) is 15.7 Å². The van der Waals surface area contributed by atoms with Crippen molar-refractivity contribution in [2.24, 2.45) is 10.9 Å². The van der Waals surface area contributed by atoms with Gasteiger partial charge in [-0.1, -0.05) is 24.3 Å². The minimum atomic E-state index is -4.52. The lowest BCUT2D eigenvalue weighted by molar-refractivity contribution is 0.583. The van der Waals surface area contributed by atoms with Gasteiger partial charge >= 0.3 is 0 Å². The number of nitrogens with two attached hydrogens (primary N) is 2. The van der Waals surface area contributed by atoms with E-state index in [9.17, 15) is 16.8 Å². The van der Waals surface area contributed by atoms with E-state index >= 15 is 0 Å². The Hall–Kier alpha value is -3.26. The Bertz CT molecular complexity index is 1480. The van der Waals surface area contributed by atoms with Crippen LogP contribution in [0.25, 0.3) is 33.4 Å². The fraction of sp³-hybridized carbons (Fsp3) is 0.111. The molecule has 0 fully saturated rings. The smallest absolute Gasteiger partial charge is 0.240 e. The van der Waals surface area contributed by atoms with Crippen molar-refractivity contribution < 1.29 is 16.8 Å². The molecule has 0 aliphatic rings. The second kappa shape index (κ2) is 7.77. The number of nitrogens with zero attached hydrogens (tertiary/aromatic N) is 4. The van der Waals surface area contributed by atoms with E-state index in [2.05, 4.69) is 25.6 Å². The van der Waals surface area contributed by atoms with Crippen LogP contribution in [-0.2, 0) is 19.9 Å². The van der Waals surface area contributed by atoms with Gasteiger partial charge in [0.25, 0.3) is 0 Å². The Morgan fingerprint density at radius 3 is 2.52 bits per heavy atom. The third-order valence-electron chi connectivity index (χ3n) is 4.63. The van der Waals surface area contributed by atoms with Crippen molar-refractivity contribution in [3.63, 3.8) is 0 Å². The molecule has 2 aromatic carbocycles. The van der Waals surface area contributed by atoms with E-state index in [1.165, 1.54) is 12.1 Å². The van der Waals surface area contributed by atoms with Gasteiger partial charge in [-0.25, -0.2) is 27.1 Å². The van der Waals surface area contributed by atoms with Gasteiger partial charge < -0.3 is 5.73 Å². The summed E-state index contributed by atoms with van der Waals surface area (Å²) in [7, 11) is -8.57. The molecule has 0 atom stereocenters. The van der Waals surface area contributed by atoms with Crippen molar-refractivity contribution in [3.8, 4) is 22.5 Å².